The number of nitrogens with zero attached hydrogens (tertiary/aromatic N) is 2. The van der Waals surface area contributed by atoms with Crippen molar-refractivity contribution in [2.75, 3.05) is 5.75 Å². The summed E-state index contributed by atoms with van der Waals surface area (Å²) in [5.74, 6) is 0.0968. The van der Waals surface area contributed by atoms with Gasteiger partial charge in [0, 0.05) is 19.7 Å². The quantitative estimate of drug-likeness (QED) is 0.859. The zero-order valence-electron chi connectivity index (χ0n) is 11.7. The molecule has 0 saturated heterocycles. The molecular formula is C14H16N2O4S. The third kappa shape index (κ3) is 3.49. The maximum atomic E-state index is 12.0. The molecule has 0 aliphatic heterocycles. The van der Waals surface area contributed by atoms with Gasteiger partial charge < -0.3 is 14.8 Å². The molecule has 1 aromatic heterocycles. The van der Waals surface area contributed by atoms with Crippen molar-refractivity contribution in [2.24, 2.45) is 7.05 Å². The van der Waals surface area contributed by atoms with E-state index < -0.39 is 12.2 Å². The average Bonchev–Trinajstić information content (AvgIpc) is 2.47. The summed E-state index contributed by atoms with van der Waals surface area (Å²) in [4.78, 5) is 27.0. The van der Waals surface area contributed by atoms with Gasteiger partial charge in [0.1, 0.15) is 6.10 Å². The Morgan fingerprint density at radius 2 is 2.14 bits per heavy atom. The van der Waals surface area contributed by atoms with Crippen LogP contribution in [0.3, 0.4) is 0 Å². The molecule has 2 unspecified atom stereocenters. The number of aryl methyl sites for hydroxylation is 1. The Labute approximate surface area is 125 Å². The van der Waals surface area contributed by atoms with Crippen LogP contribution in [0.15, 0.2) is 29.3 Å². The Bertz CT molecular complexity index is 728. The minimum absolute atomic E-state index is 0.0968. The van der Waals surface area contributed by atoms with Crippen LogP contribution in [-0.2, 0) is 11.8 Å². The number of carbonyl (C=O) groups excluding carboxylic acids is 1. The van der Waals surface area contributed by atoms with Crippen molar-refractivity contribution in [1.29, 1.82) is 0 Å². The number of hydrogen-bond donors (Lipinski definition) is 2. The van der Waals surface area contributed by atoms with Gasteiger partial charge >= 0.3 is 0 Å². The molecular weight excluding hydrogens is 292 g/mol. The molecule has 0 aliphatic rings. The average molecular weight is 308 g/mol. The summed E-state index contributed by atoms with van der Waals surface area (Å²) in [6.45, 7) is 1.40. The van der Waals surface area contributed by atoms with Gasteiger partial charge in [-0.25, -0.2) is 4.98 Å². The molecule has 7 heteroatoms. The van der Waals surface area contributed by atoms with Gasteiger partial charge in [-0.15, -0.1) is 0 Å². The largest absolute Gasteiger partial charge is 0.389 e. The van der Waals surface area contributed by atoms with Gasteiger partial charge in [0.2, 0.25) is 0 Å². The highest BCUT2D eigenvalue weighted by Crippen LogP contribution is 2.22. The molecule has 1 heterocycles. The Morgan fingerprint density at radius 3 is 2.81 bits per heavy atom. The monoisotopic (exact) mass is 308 g/mol. The van der Waals surface area contributed by atoms with E-state index in [1.165, 1.54) is 23.9 Å². The third-order valence-electron chi connectivity index (χ3n) is 3.10. The number of fused-ring (bicyclic) bond motifs is 1. The number of aromatic nitrogens is 2. The van der Waals surface area contributed by atoms with Gasteiger partial charge in [-0.3, -0.25) is 9.59 Å². The number of hydrogen-bond acceptors (Lipinski definition) is 6. The van der Waals surface area contributed by atoms with Gasteiger partial charge in [0.25, 0.3) is 5.56 Å². The first kappa shape index (κ1) is 15.7. The van der Waals surface area contributed by atoms with E-state index in [2.05, 4.69) is 4.98 Å². The number of benzene rings is 1. The molecule has 112 valence electrons. The zero-order valence-corrected chi connectivity index (χ0v) is 12.5. The number of thioether (sulfide) groups is 1. The Balaban J connectivity index is 2.31. The summed E-state index contributed by atoms with van der Waals surface area (Å²) in [6.07, 6.45) is -0.818. The topological polar surface area (TPSA) is 92.4 Å². The molecule has 0 bridgehead atoms. The highest BCUT2D eigenvalue weighted by molar-refractivity contribution is 8.13. The zero-order chi connectivity index (χ0) is 15.6. The van der Waals surface area contributed by atoms with Crippen LogP contribution >= 0.6 is 11.8 Å². The third-order valence-corrected chi connectivity index (χ3v) is 4.02. The van der Waals surface area contributed by atoms with Crippen LogP contribution in [0.1, 0.15) is 18.6 Å². The van der Waals surface area contributed by atoms with Crippen molar-refractivity contribution in [1.82, 2.24) is 9.55 Å². The minimum Gasteiger partial charge on any atom is -0.389 e. The van der Waals surface area contributed by atoms with E-state index in [-0.39, 0.29) is 16.4 Å². The van der Waals surface area contributed by atoms with E-state index in [0.717, 1.165) is 11.8 Å². The second kappa shape index (κ2) is 6.38. The smallest absolute Gasteiger partial charge is 0.260 e. The van der Waals surface area contributed by atoms with E-state index in [9.17, 15) is 19.8 Å². The van der Waals surface area contributed by atoms with E-state index in [1.807, 2.05) is 0 Å². The number of aliphatic hydroxyl groups is 2. The summed E-state index contributed by atoms with van der Waals surface area (Å²) >= 11 is 0.944. The predicted octanol–water partition coefficient (Wildman–Crippen LogP) is 0.608. The predicted molar refractivity (Wildman–Crippen MR) is 81.1 cm³/mol. The summed E-state index contributed by atoms with van der Waals surface area (Å²) in [6, 6.07) is 4.76. The van der Waals surface area contributed by atoms with Crippen LogP contribution in [0, 0.1) is 0 Å². The first-order chi connectivity index (χ1) is 9.90. The number of carbonyl (C=O) groups is 1. The van der Waals surface area contributed by atoms with E-state index in [4.69, 9.17) is 0 Å². The molecule has 0 radical (unpaired) electrons. The fourth-order valence-electron chi connectivity index (χ4n) is 1.93. The highest BCUT2D eigenvalue weighted by Gasteiger charge is 2.20. The van der Waals surface area contributed by atoms with Crippen molar-refractivity contribution < 1.29 is 15.0 Å². The lowest BCUT2D eigenvalue weighted by atomic mass is 10.0. The molecule has 2 rings (SSSR count). The molecule has 1 aromatic carbocycles. The standard InChI is InChI=1S/C14H16N2O4S/c1-8(17)21-6-12(18)13(19)9-3-4-11-10(5-9)14(20)16(2)7-15-11/h3-5,7,12-13,18-19H,6H2,1-2H3. The molecule has 6 nitrogen and oxygen atoms in total. The van der Waals surface area contributed by atoms with Crippen molar-refractivity contribution in [3.63, 3.8) is 0 Å². The van der Waals surface area contributed by atoms with E-state index in [0.29, 0.717) is 16.5 Å². The molecule has 2 aromatic rings. The second-order valence-electron chi connectivity index (χ2n) is 4.75. The van der Waals surface area contributed by atoms with Gasteiger partial charge in [0.15, 0.2) is 5.12 Å². The summed E-state index contributed by atoms with van der Waals surface area (Å²) in [7, 11) is 1.59. The van der Waals surface area contributed by atoms with Crippen molar-refractivity contribution in [2.45, 2.75) is 19.1 Å². The lowest BCUT2D eigenvalue weighted by Crippen LogP contribution is -2.22. The van der Waals surface area contributed by atoms with Crippen LogP contribution in [0.4, 0.5) is 0 Å². The molecule has 21 heavy (non-hydrogen) atoms. The number of aliphatic hydroxyl groups excluding tert-OH is 2. The van der Waals surface area contributed by atoms with Crippen molar-refractivity contribution in [3.05, 3.63) is 40.4 Å². The Hall–Kier alpha value is -1.70. The second-order valence-corrected chi connectivity index (χ2v) is 5.95. The fourth-order valence-corrected chi connectivity index (χ4v) is 2.52. The fraction of sp³-hybridized carbons (Fsp3) is 0.357. The van der Waals surface area contributed by atoms with Gasteiger partial charge in [-0.05, 0) is 17.7 Å². The first-order valence-electron chi connectivity index (χ1n) is 6.35. The summed E-state index contributed by atoms with van der Waals surface area (Å²) in [5.41, 5.74) is 0.729. The summed E-state index contributed by atoms with van der Waals surface area (Å²) in [5, 5.41) is 20.3. The van der Waals surface area contributed by atoms with Crippen LogP contribution in [-0.4, -0.2) is 36.7 Å². The first-order valence-corrected chi connectivity index (χ1v) is 7.33. The molecule has 2 atom stereocenters. The SMILES string of the molecule is CC(=O)SCC(O)C(O)c1ccc2ncn(C)c(=O)c2c1. The van der Waals surface area contributed by atoms with Crippen LogP contribution in [0.5, 0.6) is 0 Å². The molecule has 0 spiro atoms. The van der Waals surface area contributed by atoms with Crippen LogP contribution in [0.25, 0.3) is 10.9 Å². The van der Waals surface area contributed by atoms with Crippen molar-refractivity contribution >= 4 is 27.8 Å². The summed E-state index contributed by atoms with van der Waals surface area (Å²) < 4.78 is 1.35. The van der Waals surface area contributed by atoms with E-state index >= 15 is 0 Å². The van der Waals surface area contributed by atoms with Crippen LogP contribution < -0.4 is 5.56 Å². The lowest BCUT2D eigenvalue weighted by molar-refractivity contribution is -0.109. The maximum Gasteiger partial charge on any atom is 0.260 e. The molecule has 0 fully saturated rings. The Kier molecular flexibility index (Phi) is 4.76. The van der Waals surface area contributed by atoms with Gasteiger partial charge in [-0.1, -0.05) is 17.8 Å². The lowest BCUT2D eigenvalue weighted by Gasteiger charge is -2.17. The Morgan fingerprint density at radius 1 is 1.43 bits per heavy atom. The molecule has 0 aliphatic carbocycles. The minimum atomic E-state index is -1.16. The van der Waals surface area contributed by atoms with Crippen LogP contribution in [0.2, 0.25) is 0 Å². The molecule has 2 N–H and O–H groups in total. The van der Waals surface area contributed by atoms with E-state index in [1.54, 1.807) is 19.2 Å². The highest BCUT2D eigenvalue weighted by atomic mass is 32.2. The van der Waals surface area contributed by atoms with Crippen molar-refractivity contribution in [3.8, 4) is 0 Å². The maximum absolute atomic E-state index is 12.0. The molecule has 0 saturated carbocycles. The van der Waals surface area contributed by atoms with Gasteiger partial charge in [0.05, 0.1) is 23.3 Å². The van der Waals surface area contributed by atoms with Gasteiger partial charge in [-0.2, -0.15) is 0 Å². The normalized spacial score (nSPS) is 14.1. The molecule has 0 amide bonds. The number of rotatable bonds is 4.